The van der Waals surface area contributed by atoms with Gasteiger partial charge in [0.1, 0.15) is 6.10 Å². The Kier molecular flexibility index (Phi) is 6.00. The van der Waals surface area contributed by atoms with Crippen molar-refractivity contribution in [3.8, 4) is 0 Å². The van der Waals surface area contributed by atoms with E-state index < -0.39 is 23.6 Å². The van der Waals surface area contributed by atoms with Gasteiger partial charge in [0, 0.05) is 17.4 Å². The lowest BCUT2D eigenvalue weighted by molar-refractivity contribution is -0.000869. The summed E-state index contributed by atoms with van der Waals surface area (Å²) >= 11 is 3.59. The molecule has 2 aliphatic rings. The first-order valence-corrected chi connectivity index (χ1v) is 11.6. The van der Waals surface area contributed by atoms with Crippen molar-refractivity contribution >= 4 is 23.5 Å². The fraction of sp³-hybridized carbons (Fsp3) is 0.455. The van der Waals surface area contributed by atoms with Gasteiger partial charge in [-0.15, -0.1) is 23.5 Å². The number of benzene rings is 2. The van der Waals surface area contributed by atoms with Crippen LogP contribution < -0.4 is 0 Å². The maximum atomic E-state index is 13.8. The van der Waals surface area contributed by atoms with Crippen molar-refractivity contribution in [2.45, 2.75) is 42.3 Å². The third kappa shape index (κ3) is 3.83. The van der Waals surface area contributed by atoms with Crippen LogP contribution >= 0.6 is 23.5 Å². The smallest absolute Gasteiger partial charge is 0.194 e. The van der Waals surface area contributed by atoms with E-state index in [1.165, 1.54) is 11.1 Å². The Balaban J connectivity index is 1.61. The van der Waals surface area contributed by atoms with Gasteiger partial charge in [0.05, 0.1) is 10.7 Å². The zero-order chi connectivity index (χ0) is 19.7. The molecule has 150 valence electrons. The van der Waals surface area contributed by atoms with E-state index in [4.69, 9.17) is 4.74 Å². The third-order valence-corrected chi connectivity index (χ3v) is 8.99. The minimum Gasteiger partial charge on any atom is -0.371 e. The molecule has 2 unspecified atom stereocenters. The number of hydrogen-bond donors (Lipinski definition) is 0. The summed E-state index contributed by atoms with van der Waals surface area (Å²) in [5, 5.41) is 0. The molecule has 2 aliphatic heterocycles. The molecule has 0 amide bonds. The van der Waals surface area contributed by atoms with Crippen LogP contribution in [0.15, 0.2) is 36.4 Å². The van der Waals surface area contributed by atoms with E-state index in [9.17, 15) is 13.2 Å². The summed E-state index contributed by atoms with van der Waals surface area (Å²) in [6, 6.07) is 10.9. The summed E-state index contributed by atoms with van der Waals surface area (Å²) < 4.78 is 47.0. The van der Waals surface area contributed by atoms with Crippen LogP contribution in [0.2, 0.25) is 0 Å². The van der Waals surface area contributed by atoms with Crippen LogP contribution in [0.1, 0.15) is 48.5 Å². The van der Waals surface area contributed by atoms with E-state index in [0.29, 0.717) is 12.2 Å². The predicted octanol–water partition coefficient (Wildman–Crippen LogP) is 6.48. The first-order chi connectivity index (χ1) is 13.5. The van der Waals surface area contributed by atoms with E-state index in [1.807, 2.05) is 0 Å². The van der Waals surface area contributed by atoms with Crippen LogP contribution in [-0.4, -0.2) is 22.2 Å². The average Bonchev–Trinajstić information content (AvgIpc) is 3.15. The average molecular weight is 425 g/mol. The molecule has 2 atom stereocenters. The minimum absolute atomic E-state index is 0.236. The van der Waals surface area contributed by atoms with Gasteiger partial charge in [-0.05, 0) is 41.7 Å². The molecular formula is C22H23F3OS2. The highest BCUT2D eigenvalue weighted by molar-refractivity contribution is 8.21. The fourth-order valence-electron chi connectivity index (χ4n) is 4.12. The Morgan fingerprint density at radius 1 is 1.00 bits per heavy atom. The molecule has 2 aromatic carbocycles. The monoisotopic (exact) mass is 424 g/mol. The molecule has 0 saturated carbocycles. The van der Waals surface area contributed by atoms with Crippen molar-refractivity contribution in [1.82, 2.24) is 0 Å². The van der Waals surface area contributed by atoms with Crippen molar-refractivity contribution in [1.29, 1.82) is 0 Å². The van der Waals surface area contributed by atoms with Gasteiger partial charge >= 0.3 is 0 Å². The Hall–Kier alpha value is -1.11. The van der Waals surface area contributed by atoms with Crippen molar-refractivity contribution in [2.24, 2.45) is 0 Å². The van der Waals surface area contributed by atoms with Crippen LogP contribution in [0.5, 0.6) is 0 Å². The van der Waals surface area contributed by atoms with Gasteiger partial charge in [0.2, 0.25) is 0 Å². The molecule has 2 heterocycles. The highest BCUT2D eigenvalue weighted by Gasteiger charge is 2.49. The molecule has 0 bridgehead atoms. The lowest BCUT2D eigenvalue weighted by Gasteiger charge is -2.43. The van der Waals surface area contributed by atoms with Crippen LogP contribution in [0.4, 0.5) is 13.2 Å². The Labute approximate surface area is 172 Å². The first-order valence-electron chi connectivity index (χ1n) is 9.65. The second kappa shape index (κ2) is 8.33. The van der Waals surface area contributed by atoms with Crippen molar-refractivity contribution in [3.05, 3.63) is 70.5 Å². The highest BCUT2D eigenvalue weighted by Crippen LogP contribution is 2.60. The second-order valence-corrected chi connectivity index (χ2v) is 10.5. The highest BCUT2D eigenvalue weighted by atomic mass is 32.2. The largest absolute Gasteiger partial charge is 0.371 e. The summed E-state index contributed by atoms with van der Waals surface area (Å²) in [5.74, 6) is -1.56. The molecule has 4 rings (SSSR count). The zero-order valence-electron chi connectivity index (χ0n) is 15.7. The van der Waals surface area contributed by atoms with Gasteiger partial charge in [-0.25, -0.2) is 13.2 Å². The number of ether oxygens (including phenoxy) is 1. The van der Waals surface area contributed by atoms with Gasteiger partial charge in [-0.1, -0.05) is 37.6 Å². The molecule has 1 nitrogen and oxygen atoms in total. The van der Waals surface area contributed by atoms with E-state index in [0.717, 1.165) is 42.9 Å². The molecular weight excluding hydrogens is 401 g/mol. The lowest BCUT2D eigenvalue weighted by Crippen LogP contribution is -2.38. The Morgan fingerprint density at radius 3 is 2.25 bits per heavy atom. The third-order valence-electron chi connectivity index (χ3n) is 5.47. The van der Waals surface area contributed by atoms with Crippen LogP contribution in [0.3, 0.4) is 0 Å². The Bertz CT molecular complexity index is 811. The van der Waals surface area contributed by atoms with Gasteiger partial charge in [-0.3, -0.25) is 0 Å². The van der Waals surface area contributed by atoms with Gasteiger partial charge in [0.15, 0.2) is 17.5 Å². The summed E-state index contributed by atoms with van der Waals surface area (Å²) in [7, 11) is 0. The minimum atomic E-state index is -1.43. The molecule has 1 spiro atoms. The maximum Gasteiger partial charge on any atom is 0.194 e. The fourth-order valence-corrected chi connectivity index (χ4v) is 7.66. The number of hydrogen-bond acceptors (Lipinski definition) is 3. The molecule has 28 heavy (non-hydrogen) atoms. The molecule has 6 heteroatoms. The number of halogens is 3. The van der Waals surface area contributed by atoms with Gasteiger partial charge in [-0.2, -0.15) is 0 Å². The SMILES string of the molecule is CCCc1ccc(C2COC(c3cc(F)c(F)c(F)c3)C3(C2)SCCS3)cc1. The molecule has 2 saturated heterocycles. The molecule has 2 fully saturated rings. The molecule has 0 aromatic heterocycles. The predicted molar refractivity (Wildman–Crippen MR) is 110 cm³/mol. The van der Waals surface area contributed by atoms with E-state index in [2.05, 4.69) is 31.2 Å². The number of rotatable bonds is 4. The van der Waals surface area contributed by atoms with Crippen molar-refractivity contribution in [2.75, 3.05) is 18.1 Å². The summed E-state index contributed by atoms with van der Waals surface area (Å²) in [4.78, 5) is 0. The lowest BCUT2D eigenvalue weighted by atomic mass is 9.88. The quantitative estimate of drug-likeness (QED) is 0.520. The summed E-state index contributed by atoms with van der Waals surface area (Å²) in [5.41, 5.74) is 2.95. The van der Waals surface area contributed by atoms with Crippen molar-refractivity contribution in [3.63, 3.8) is 0 Å². The number of thioether (sulfide) groups is 2. The van der Waals surface area contributed by atoms with E-state index in [-0.39, 0.29) is 10.00 Å². The zero-order valence-corrected chi connectivity index (χ0v) is 17.4. The normalized spacial score (nSPS) is 24.0. The maximum absolute atomic E-state index is 13.8. The second-order valence-electron chi connectivity index (χ2n) is 7.41. The van der Waals surface area contributed by atoms with Gasteiger partial charge in [0.25, 0.3) is 0 Å². The topological polar surface area (TPSA) is 9.23 Å². The molecule has 0 N–H and O–H groups in total. The van der Waals surface area contributed by atoms with Crippen LogP contribution in [-0.2, 0) is 11.2 Å². The van der Waals surface area contributed by atoms with E-state index >= 15 is 0 Å². The van der Waals surface area contributed by atoms with Gasteiger partial charge < -0.3 is 4.74 Å². The van der Waals surface area contributed by atoms with Crippen LogP contribution in [0, 0.1) is 17.5 Å². The van der Waals surface area contributed by atoms with Crippen LogP contribution in [0.25, 0.3) is 0 Å². The standard InChI is InChI=1S/C22H23F3OS2/c1-2-3-14-4-6-15(7-5-14)17-12-22(27-8-9-28-22)21(26-13-17)16-10-18(23)20(25)19(24)11-16/h4-7,10-11,17,21H,2-3,8-9,12-13H2,1H3. The van der Waals surface area contributed by atoms with Crippen molar-refractivity contribution < 1.29 is 17.9 Å². The summed E-state index contributed by atoms with van der Waals surface area (Å²) in [6.07, 6.45) is 2.60. The summed E-state index contributed by atoms with van der Waals surface area (Å²) in [6.45, 7) is 2.66. The molecule has 0 aliphatic carbocycles. The number of aryl methyl sites for hydroxylation is 1. The molecule has 0 radical (unpaired) electrons. The molecule has 2 aromatic rings. The Morgan fingerprint density at radius 2 is 1.64 bits per heavy atom. The van der Waals surface area contributed by atoms with E-state index in [1.54, 1.807) is 23.5 Å². The first kappa shape index (κ1) is 20.2.